The third-order valence-corrected chi connectivity index (χ3v) is 2.86. The van der Waals surface area contributed by atoms with Crippen LogP contribution in [-0.4, -0.2) is 83.8 Å². The fraction of sp³-hybridized carbons (Fsp3) is 0.900. The van der Waals surface area contributed by atoms with Crippen molar-refractivity contribution in [3.05, 3.63) is 0 Å². The number of esters is 1. The molecule has 28 heavy (non-hydrogen) atoms. The Kier molecular flexibility index (Phi) is 8.38. The van der Waals surface area contributed by atoms with Gasteiger partial charge in [0.2, 0.25) is 0 Å². The number of ether oxygens (including phenoxy) is 1. The van der Waals surface area contributed by atoms with Gasteiger partial charge in [-0.25, -0.2) is 4.79 Å². The minimum absolute atomic E-state index is 0. The molecule has 0 radical (unpaired) electrons. The van der Waals surface area contributed by atoms with Crippen LogP contribution in [0.3, 0.4) is 0 Å². The van der Waals surface area contributed by atoms with E-state index in [1.165, 1.54) is 0 Å². The van der Waals surface area contributed by atoms with Crippen molar-refractivity contribution in [3.8, 4) is 0 Å². The molecule has 0 unspecified atom stereocenters. The van der Waals surface area contributed by atoms with Gasteiger partial charge in [0.1, 0.15) is 0 Å². The van der Waals surface area contributed by atoms with Crippen LogP contribution in [0.15, 0.2) is 0 Å². The van der Waals surface area contributed by atoms with Gasteiger partial charge in [-0.3, -0.25) is 0 Å². The quantitative estimate of drug-likeness (QED) is 0.319. The number of hydrogen-bond acceptors (Lipinski definition) is 2. The number of carbonyl (C=O) groups excluding carboxylic acids is 1. The van der Waals surface area contributed by atoms with Crippen molar-refractivity contribution in [2.75, 3.05) is 6.61 Å². The van der Waals surface area contributed by atoms with Crippen molar-refractivity contribution in [3.63, 3.8) is 0 Å². The van der Waals surface area contributed by atoms with Gasteiger partial charge in [0.15, 0.2) is 0 Å². The predicted molar refractivity (Wildman–Crippen MR) is 59.5 cm³/mol. The summed E-state index contributed by atoms with van der Waals surface area (Å²) in [6.07, 6.45) is -7.67. The van der Waals surface area contributed by atoms with Crippen LogP contribution in [0, 0.1) is 0 Å². The number of rotatable bonds is 7. The summed E-state index contributed by atoms with van der Waals surface area (Å²) in [7, 11) is 0. The van der Waals surface area contributed by atoms with E-state index in [9.17, 15) is 70.7 Å². The molecule has 0 N–H and O–H groups in total. The Morgan fingerprint density at radius 2 is 0.893 bits per heavy atom. The van der Waals surface area contributed by atoms with E-state index in [1.54, 1.807) is 0 Å². The van der Waals surface area contributed by atoms with Crippen LogP contribution in [-0.2, 0) is 9.53 Å². The SMILES string of the molecule is CCOC(=O)C(F)(F)C(F)(F)C(F)(F)C(F)(F)C(F)(F)C(F)(F)C(F)(F)F.[NaH]. The zero-order chi connectivity index (χ0) is 22.5. The van der Waals surface area contributed by atoms with Gasteiger partial charge in [-0.15, -0.1) is 0 Å². The third kappa shape index (κ3) is 3.89. The molecular weight excluding hydrogens is 460 g/mol. The summed E-state index contributed by atoms with van der Waals surface area (Å²) >= 11 is 0. The Morgan fingerprint density at radius 1 is 0.607 bits per heavy atom. The number of carbonyl (C=O) groups is 1. The maximum atomic E-state index is 13.1. The average Bonchev–Trinajstić information content (AvgIpc) is 2.45. The first kappa shape index (κ1) is 29.6. The molecule has 0 fully saturated rings. The first-order valence-corrected chi connectivity index (χ1v) is 5.99. The van der Waals surface area contributed by atoms with Crippen molar-refractivity contribution >= 4 is 35.5 Å². The summed E-state index contributed by atoms with van der Waals surface area (Å²) in [6.45, 7) is -0.619. The second kappa shape index (κ2) is 7.92. The molecule has 0 saturated carbocycles. The molecule has 0 aliphatic rings. The van der Waals surface area contributed by atoms with Gasteiger partial charge in [0.25, 0.3) is 0 Å². The van der Waals surface area contributed by atoms with E-state index in [4.69, 9.17) is 0 Å². The molecule has 0 aromatic carbocycles. The standard InChI is InChI=1S/C10H5F15O2.Na.H/c1-2-27-3(26)4(11,12)5(13,14)6(15,16)7(17,18)8(19,20)9(21,22)10(23,24)25;;/h2H2,1H3;;. The van der Waals surface area contributed by atoms with Gasteiger partial charge >= 0.3 is 77.2 Å². The Labute approximate surface area is 166 Å². The first-order valence-electron chi connectivity index (χ1n) is 5.99. The second-order valence-electron chi connectivity index (χ2n) is 4.66. The summed E-state index contributed by atoms with van der Waals surface area (Å²) in [6, 6.07) is 0. The molecule has 0 aliphatic heterocycles. The predicted octanol–water partition coefficient (Wildman–Crippen LogP) is 4.28. The zero-order valence-corrected chi connectivity index (χ0v) is 12.2. The van der Waals surface area contributed by atoms with Gasteiger partial charge in [0.05, 0.1) is 6.61 Å². The van der Waals surface area contributed by atoms with E-state index in [-0.39, 0.29) is 29.6 Å². The molecule has 0 heterocycles. The normalized spacial score (nSPS) is 15.1. The van der Waals surface area contributed by atoms with Gasteiger partial charge in [-0.2, -0.15) is 65.9 Å². The van der Waals surface area contributed by atoms with Gasteiger partial charge in [-0.1, -0.05) is 0 Å². The van der Waals surface area contributed by atoms with Crippen molar-refractivity contribution < 1.29 is 75.4 Å². The fourth-order valence-corrected chi connectivity index (χ4v) is 1.32. The second-order valence-corrected chi connectivity index (χ2v) is 4.66. The molecule has 0 spiro atoms. The van der Waals surface area contributed by atoms with Crippen LogP contribution in [0.2, 0.25) is 0 Å². The van der Waals surface area contributed by atoms with Gasteiger partial charge in [-0.05, 0) is 6.92 Å². The molecule has 0 bridgehead atoms. The molecular formula is C10H6F15NaO2. The van der Waals surface area contributed by atoms with Crippen LogP contribution in [0.5, 0.6) is 0 Å². The van der Waals surface area contributed by atoms with Crippen molar-refractivity contribution in [1.29, 1.82) is 0 Å². The van der Waals surface area contributed by atoms with E-state index in [2.05, 4.69) is 4.74 Å². The van der Waals surface area contributed by atoms with Gasteiger partial charge < -0.3 is 4.74 Å². The Hall–Kier alpha value is -0.580. The van der Waals surface area contributed by atoms with E-state index in [1.807, 2.05) is 0 Å². The molecule has 0 saturated heterocycles. The van der Waals surface area contributed by atoms with Crippen molar-refractivity contribution in [1.82, 2.24) is 0 Å². The molecule has 18 heteroatoms. The Morgan fingerprint density at radius 3 is 1.18 bits per heavy atom. The number of halogens is 15. The summed E-state index contributed by atoms with van der Waals surface area (Å²) in [5.41, 5.74) is 0. The zero-order valence-electron chi connectivity index (χ0n) is 12.2. The molecule has 0 aromatic rings. The molecule has 0 aliphatic carbocycles. The van der Waals surface area contributed by atoms with Crippen LogP contribution < -0.4 is 0 Å². The van der Waals surface area contributed by atoms with Gasteiger partial charge in [0, 0.05) is 0 Å². The van der Waals surface area contributed by atoms with Crippen LogP contribution in [0.4, 0.5) is 65.9 Å². The van der Waals surface area contributed by atoms with Crippen LogP contribution in [0.1, 0.15) is 6.92 Å². The van der Waals surface area contributed by atoms with E-state index >= 15 is 0 Å². The first-order chi connectivity index (χ1) is 11.5. The van der Waals surface area contributed by atoms with Crippen LogP contribution in [0.25, 0.3) is 0 Å². The average molecular weight is 466 g/mol. The molecule has 2 nitrogen and oxygen atoms in total. The molecule has 0 rings (SSSR count). The van der Waals surface area contributed by atoms with E-state index < -0.39 is 54.3 Å². The molecule has 0 amide bonds. The molecule has 164 valence electrons. The summed E-state index contributed by atoms with van der Waals surface area (Å²) < 4.78 is 194. The molecule has 0 atom stereocenters. The van der Waals surface area contributed by atoms with Crippen molar-refractivity contribution in [2.24, 2.45) is 0 Å². The number of hydrogen-bond donors (Lipinski definition) is 0. The molecule has 0 aromatic heterocycles. The third-order valence-electron chi connectivity index (χ3n) is 2.86. The minimum atomic E-state index is -8.42. The summed E-state index contributed by atoms with van der Waals surface area (Å²) in [4.78, 5) is 10.5. The Balaban J connectivity index is 0. The Bertz CT molecular complexity index is 568. The topological polar surface area (TPSA) is 26.3 Å². The van der Waals surface area contributed by atoms with Crippen molar-refractivity contribution in [2.45, 2.75) is 48.6 Å². The monoisotopic (exact) mass is 466 g/mol. The summed E-state index contributed by atoms with van der Waals surface area (Å²) in [5, 5.41) is 0. The summed E-state index contributed by atoms with van der Waals surface area (Å²) in [5.74, 6) is -51.6. The maximum absolute atomic E-state index is 13.1. The fourth-order valence-electron chi connectivity index (χ4n) is 1.32. The van der Waals surface area contributed by atoms with E-state index in [0.717, 1.165) is 0 Å². The number of alkyl halides is 15. The van der Waals surface area contributed by atoms with Crippen LogP contribution >= 0.6 is 0 Å². The van der Waals surface area contributed by atoms with E-state index in [0.29, 0.717) is 6.92 Å².